The Labute approximate surface area is 115 Å². The lowest BCUT2D eigenvalue weighted by molar-refractivity contribution is 0.0948. The fraction of sp³-hybridized carbons (Fsp3) is 0.533. The summed E-state index contributed by atoms with van der Waals surface area (Å²) in [6.07, 6.45) is 1.91. The van der Waals surface area contributed by atoms with E-state index in [9.17, 15) is 4.79 Å². The second-order valence-electron chi connectivity index (χ2n) is 4.56. The first-order chi connectivity index (χ1) is 9.19. The molecule has 0 aliphatic heterocycles. The molecule has 19 heavy (non-hydrogen) atoms. The molecule has 1 aromatic rings. The number of carbonyl (C=O) groups is 1. The molecule has 1 amide bonds. The fourth-order valence-electron chi connectivity index (χ4n) is 1.81. The average molecular weight is 264 g/mol. The molecule has 1 aromatic carbocycles. The molecule has 106 valence electrons. The number of benzene rings is 1. The summed E-state index contributed by atoms with van der Waals surface area (Å²) >= 11 is 0. The van der Waals surface area contributed by atoms with Crippen molar-refractivity contribution in [2.24, 2.45) is 0 Å². The van der Waals surface area contributed by atoms with Crippen LogP contribution in [0.25, 0.3) is 0 Å². The quantitative estimate of drug-likeness (QED) is 0.710. The van der Waals surface area contributed by atoms with Crippen molar-refractivity contribution in [2.75, 3.05) is 32.1 Å². The summed E-state index contributed by atoms with van der Waals surface area (Å²) in [4.78, 5) is 12.0. The zero-order chi connectivity index (χ0) is 14.1. The molecular formula is C15H24N2O2. The summed E-state index contributed by atoms with van der Waals surface area (Å²) in [5, 5.41) is 6.21. The van der Waals surface area contributed by atoms with E-state index in [4.69, 9.17) is 4.74 Å². The van der Waals surface area contributed by atoms with Gasteiger partial charge in [-0.1, -0.05) is 6.92 Å². The average Bonchev–Trinajstić information content (AvgIpc) is 2.41. The number of amides is 1. The molecule has 1 rings (SSSR count). The second kappa shape index (κ2) is 8.53. The van der Waals surface area contributed by atoms with E-state index in [0.717, 1.165) is 36.2 Å². The van der Waals surface area contributed by atoms with Crippen LogP contribution in [0.2, 0.25) is 0 Å². The molecule has 0 fully saturated rings. The van der Waals surface area contributed by atoms with E-state index < -0.39 is 0 Å². The van der Waals surface area contributed by atoms with E-state index in [2.05, 4.69) is 17.6 Å². The lowest BCUT2D eigenvalue weighted by Gasteiger charge is -2.10. The Morgan fingerprint density at radius 3 is 2.74 bits per heavy atom. The summed E-state index contributed by atoms with van der Waals surface area (Å²) in [6.45, 7) is 6.34. The van der Waals surface area contributed by atoms with Crippen LogP contribution in [0, 0.1) is 6.92 Å². The van der Waals surface area contributed by atoms with E-state index in [1.807, 2.05) is 25.1 Å². The van der Waals surface area contributed by atoms with Crippen molar-refractivity contribution in [3.05, 3.63) is 29.3 Å². The minimum absolute atomic E-state index is 0.0179. The molecule has 0 atom stereocenters. The lowest BCUT2D eigenvalue weighted by atomic mass is 10.1. The topological polar surface area (TPSA) is 50.4 Å². The van der Waals surface area contributed by atoms with Crippen molar-refractivity contribution in [1.29, 1.82) is 0 Å². The molecule has 0 aromatic heterocycles. The maximum Gasteiger partial charge on any atom is 0.251 e. The van der Waals surface area contributed by atoms with Crippen LogP contribution in [0.15, 0.2) is 18.2 Å². The fourth-order valence-corrected chi connectivity index (χ4v) is 1.81. The van der Waals surface area contributed by atoms with E-state index in [0.29, 0.717) is 13.2 Å². The van der Waals surface area contributed by atoms with Crippen molar-refractivity contribution in [3.8, 4) is 0 Å². The van der Waals surface area contributed by atoms with Gasteiger partial charge in [0.1, 0.15) is 0 Å². The van der Waals surface area contributed by atoms with Gasteiger partial charge in [-0.25, -0.2) is 0 Å². The van der Waals surface area contributed by atoms with Crippen LogP contribution in [0.3, 0.4) is 0 Å². The molecule has 0 spiro atoms. The largest absolute Gasteiger partial charge is 0.385 e. The lowest BCUT2D eigenvalue weighted by Crippen LogP contribution is -2.25. The number of rotatable bonds is 8. The third kappa shape index (κ3) is 5.30. The smallest absolute Gasteiger partial charge is 0.251 e. The van der Waals surface area contributed by atoms with Crippen LogP contribution < -0.4 is 10.6 Å². The highest BCUT2D eigenvalue weighted by Gasteiger charge is 2.08. The standard InChI is InChI=1S/C15H24N2O2/c1-4-8-16-13-6-7-14(12(2)11-13)15(18)17-9-5-10-19-3/h6-7,11,16H,4-5,8-10H2,1-3H3,(H,17,18). The molecule has 0 unspecified atom stereocenters. The monoisotopic (exact) mass is 264 g/mol. The van der Waals surface area contributed by atoms with Crippen LogP contribution in [0.1, 0.15) is 35.7 Å². The molecular weight excluding hydrogens is 240 g/mol. The molecule has 0 bridgehead atoms. The number of hydrogen-bond donors (Lipinski definition) is 2. The minimum atomic E-state index is -0.0179. The Bertz CT molecular complexity index is 405. The molecule has 0 aliphatic rings. The Balaban J connectivity index is 2.55. The zero-order valence-corrected chi connectivity index (χ0v) is 12.1. The predicted octanol–water partition coefficient (Wildman–Crippen LogP) is 2.58. The maximum absolute atomic E-state index is 12.0. The number of ether oxygens (including phenoxy) is 1. The summed E-state index contributed by atoms with van der Waals surface area (Å²) in [7, 11) is 1.66. The molecule has 0 radical (unpaired) electrons. The number of methoxy groups -OCH3 is 1. The van der Waals surface area contributed by atoms with Gasteiger partial charge in [-0.3, -0.25) is 4.79 Å². The predicted molar refractivity (Wildman–Crippen MR) is 78.8 cm³/mol. The molecule has 0 saturated heterocycles. The summed E-state index contributed by atoms with van der Waals surface area (Å²) in [5.41, 5.74) is 2.79. The summed E-state index contributed by atoms with van der Waals surface area (Å²) in [5.74, 6) is -0.0179. The summed E-state index contributed by atoms with van der Waals surface area (Å²) in [6, 6.07) is 5.84. The van der Waals surface area contributed by atoms with Gasteiger partial charge in [-0.15, -0.1) is 0 Å². The molecule has 4 heteroatoms. The maximum atomic E-state index is 12.0. The number of carbonyl (C=O) groups excluding carboxylic acids is 1. The Hall–Kier alpha value is -1.55. The van der Waals surface area contributed by atoms with Gasteiger partial charge in [-0.2, -0.15) is 0 Å². The molecule has 0 aliphatic carbocycles. The van der Waals surface area contributed by atoms with E-state index in [-0.39, 0.29) is 5.91 Å². The van der Waals surface area contributed by atoms with E-state index in [1.54, 1.807) is 7.11 Å². The number of nitrogens with one attached hydrogen (secondary N) is 2. The van der Waals surface area contributed by atoms with Gasteiger partial charge < -0.3 is 15.4 Å². The van der Waals surface area contributed by atoms with Crippen LogP contribution >= 0.6 is 0 Å². The normalized spacial score (nSPS) is 10.3. The summed E-state index contributed by atoms with van der Waals surface area (Å²) < 4.78 is 4.95. The van der Waals surface area contributed by atoms with Gasteiger partial charge in [0.05, 0.1) is 0 Å². The van der Waals surface area contributed by atoms with E-state index in [1.165, 1.54) is 0 Å². The highest BCUT2D eigenvalue weighted by Crippen LogP contribution is 2.15. The zero-order valence-electron chi connectivity index (χ0n) is 12.1. The van der Waals surface area contributed by atoms with Crippen molar-refractivity contribution >= 4 is 11.6 Å². The first-order valence-electron chi connectivity index (χ1n) is 6.80. The Morgan fingerprint density at radius 2 is 2.11 bits per heavy atom. The van der Waals surface area contributed by atoms with Gasteiger partial charge in [0.25, 0.3) is 5.91 Å². The number of hydrogen-bond acceptors (Lipinski definition) is 3. The first-order valence-corrected chi connectivity index (χ1v) is 6.80. The van der Waals surface area contributed by atoms with Crippen molar-refractivity contribution in [1.82, 2.24) is 5.32 Å². The van der Waals surface area contributed by atoms with Crippen LogP contribution in [0.5, 0.6) is 0 Å². The third-order valence-corrected chi connectivity index (χ3v) is 2.86. The molecule has 2 N–H and O–H groups in total. The molecule has 0 heterocycles. The van der Waals surface area contributed by atoms with Gasteiger partial charge in [0, 0.05) is 38.1 Å². The van der Waals surface area contributed by atoms with E-state index >= 15 is 0 Å². The second-order valence-corrected chi connectivity index (χ2v) is 4.56. The van der Waals surface area contributed by atoms with Crippen molar-refractivity contribution in [3.63, 3.8) is 0 Å². The first kappa shape index (κ1) is 15.5. The van der Waals surface area contributed by atoms with Gasteiger partial charge in [-0.05, 0) is 43.5 Å². The van der Waals surface area contributed by atoms with Crippen molar-refractivity contribution < 1.29 is 9.53 Å². The minimum Gasteiger partial charge on any atom is -0.385 e. The Morgan fingerprint density at radius 1 is 1.32 bits per heavy atom. The highest BCUT2D eigenvalue weighted by molar-refractivity contribution is 5.96. The number of aryl methyl sites for hydroxylation is 1. The van der Waals surface area contributed by atoms with Gasteiger partial charge in [0.2, 0.25) is 0 Å². The SMILES string of the molecule is CCCNc1ccc(C(=O)NCCCOC)c(C)c1. The van der Waals surface area contributed by atoms with Gasteiger partial charge >= 0.3 is 0 Å². The van der Waals surface area contributed by atoms with Crippen LogP contribution in [-0.2, 0) is 4.74 Å². The highest BCUT2D eigenvalue weighted by atomic mass is 16.5. The van der Waals surface area contributed by atoms with Crippen molar-refractivity contribution in [2.45, 2.75) is 26.7 Å². The van der Waals surface area contributed by atoms with Gasteiger partial charge in [0.15, 0.2) is 0 Å². The third-order valence-electron chi connectivity index (χ3n) is 2.86. The molecule has 0 saturated carbocycles. The number of anilines is 1. The molecule has 4 nitrogen and oxygen atoms in total. The van der Waals surface area contributed by atoms with Crippen LogP contribution in [0.4, 0.5) is 5.69 Å². The van der Waals surface area contributed by atoms with Crippen LogP contribution in [-0.4, -0.2) is 32.7 Å². The Kier molecular flexibility index (Phi) is 6.97.